The van der Waals surface area contributed by atoms with Crippen molar-refractivity contribution in [2.45, 2.75) is 12.5 Å². The van der Waals surface area contributed by atoms with Crippen LogP contribution in [0.1, 0.15) is 21.5 Å². The van der Waals surface area contributed by atoms with Gasteiger partial charge in [-0.1, -0.05) is 17.7 Å². The molecule has 0 aliphatic rings. The Hall–Kier alpha value is -4.77. The van der Waals surface area contributed by atoms with E-state index in [1.54, 1.807) is 42.5 Å². The molecular weight excluding hydrogens is 498 g/mol. The van der Waals surface area contributed by atoms with E-state index < -0.39 is 5.97 Å². The molecule has 1 atom stereocenters. The number of rotatable bonds is 10. The van der Waals surface area contributed by atoms with Gasteiger partial charge in [0, 0.05) is 41.2 Å². The van der Waals surface area contributed by atoms with Gasteiger partial charge < -0.3 is 20.8 Å². The van der Waals surface area contributed by atoms with Crippen molar-refractivity contribution >= 4 is 35.2 Å². The summed E-state index contributed by atoms with van der Waals surface area (Å²) >= 11 is 6.15. The van der Waals surface area contributed by atoms with E-state index in [0.29, 0.717) is 34.9 Å². The maximum absolute atomic E-state index is 12.9. The van der Waals surface area contributed by atoms with Crippen LogP contribution in [-0.4, -0.2) is 59.9 Å². The van der Waals surface area contributed by atoms with Crippen LogP contribution in [0.25, 0.3) is 11.8 Å². The van der Waals surface area contributed by atoms with Gasteiger partial charge in [0.05, 0.1) is 17.3 Å². The number of benzene rings is 2. The number of pyridine rings is 1. The number of aromatic nitrogens is 5. The van der Waals surface area contributed by atoms with Crippen LogP contribution < -0.4 is 10.6 Å². The van der Waals surface area contributed by atoms with Gasteiger partial charge in [-0.2, -0.15) is 4.68 Å². The van der Waals surface area contributed by atoms with E-state index in [2.05, 4.69) is 31.1 Å². The number of hydrogen-bond acceptors (Lipinski definition) is 8. The molecule has 1 unspecified atom stereocenters. The highest BCUT2D eigenvalue weighted by molar-refractivity contribution is 6.30. The zero-order valence-electron chi connectivity index (χ0n) is 19.3. The van der Waals surface area contributed by atoms with Crippen LogP contribution in [0.3, 0.4) is 0 Å². The third kappa shape index (κ3) is 7.12. The summed E-state index contributed by atoms with van der Waals surface area (Å²) in [5, 5.41) is 36.4. The lowest BCUT2D eigenvalue weighted by Gasteiger charge is -2.19. The van der Waals surface area contributed by atoms with E-state index in [-0.39, 0.29) is 23.4 Å². The number of amides is 1. The lowest BCUT2D eigenvalue weighted by atomic mass is 10.1. The zero-order valence-corrected chi connectivity index (χ0v) is 20.1. The molecule has 0 aliphatic heterocycles. The number of hydrogen-bond donors (Lipinski definition) is 4. The molecule has 0 radical (unpaired) electrons. The van der Waals surface area contributed by atoms with Gasteiger partial charge >= 0.3 is 5.97 Å². The number of carboxylic acid groups (broad SMARTS) is 1. The van der Waals surface area contributed by atoms with Gasteiger partial charge in [-0.05, 0) is 71.0 Å². The number of tetrazole rings is 1. The van der Waals surface area contributed by atoms with Crippen LogP contribution >= 0.6 is 11.6 Å². The van der Waals surface area contributed by atoms with Crippen LogP contribution in [0, 0.1) is 0 Å². The highest BCUT2D eigenvalue weighted by Gasteiger charge is 2.13. The quantitative estimate of drug-likeness (QED) is 0.231. The highest BCUT2D eigenvalue weighted by atomic mass is 35.5. The molecule has 0 bridgehead atoms. The van der Waals surface area contributed by atoms with Crippen molar-refractivity contribution in [1.82, 2.24) is 30.5 Å². The van der Waals surface area contributed by atoms with Crippen LogP contribution in [-0.2, 0) is 11.2 Å². The Morgan fingerprint density at radius 3 is 2.59 bits per heavy atom. The van der Waals surface area contributed by atoms with Crippen LogP contribution in [0.2, 0.25) is 5.02 Å². The summed E-state index contributed by atoms with van der Waals surface area (Å²) in [6, 6.07) is 14.3. The van der Waals surface area contributed by atoms with Gasteiger partial charge in [-0.15, -0.1) is 5.10 Å². The molecule has 37 heavy (non-hydrogen) atoms. The van der Waals surface area contributed by atoms with E-state index in [9.17, 15) is 14.7 Å². The number of nitrogens with one attached hydrogen (secondary N) is 2. The predicted molar refractivity (Wildman–Crippen MR) is 137 cm³/mol. The van der Waals surface area contributed by atoms with Gasteiger partial charge in [0.15, 0.2) is 0 Å². The molecule has 2 heterocycles. The third-order valence-electron chi connectivity index (χ3n) is 5.32. The number of carboxylic acids is 1. The van der Waals surface area contributed by atoms with Gasteiger partial charge in [-0.25, -0.2) is 9.78 Å². The molecule has 188 valence electrons. The molecule has 2 aromatic carbocycles. The molecule has 11 nitrogen and oxygen atoms in total. The van der Waals surface area contributed by atoms with Crippen molar-refractivity contribution in [2.75, 3.05) is 11.9 Å². The summed E-state index contributed by atoms with van der Waals surface area (Å²) in [6.07, 6.45) is 6.42. The summed E-state index contributed by atoms with van der Waals surface area (Å²) in [5.41, 5.74) is 2.99. The molecule has 4 aromatic rings. The summed E-state index contributed by atoms with van der Waals surface area (Å²) in [4.78, 5) is 27.8. The molecule has 0 spiro atoms. The van der Waals surface area contributed by atoms with Crippen molar-refractivity contribution in [3.05, 3.63) is 94.9 Å². The molecule has 4 rings (SSSR count). The fourth-order valence-electron chi connectivity index (χ4n) is 3.52. The third-order valence-corrected chi connectivity index (χ3v) is 5.56. The summed E-state index contributed by atoms with van der Waals surface area (Å²) in [5.74, 6) is -1.45. The molecule has 12 heteroatoms. The van der Waals surface area contributed by atoms with Crippen molar-refractivity contribution in [3.8, 4) is 11.6 Å². The Kier molecular flexibility index (Phi) is 8.06. The molecule has 0 saturated carbocycles. The van der Waals surface area contributed by atoms with Gasteiger partial charge in [0.2, 0.25) is 11.8 Å². The second-order valence-corrected chi connectivity index (χ2v) is 8.42. The van der Waals surface area contributed by atoms with Crippen LogP contribution in [0.5, 0.6) is 5.88 Å². The molecule has 2 aromatic heterocycles. The lowest BCUT2D eigenvalue weighted by molar-refractivity contribution is -0.117. The zero-order chi connectivity index (χ0) is 26.2. The molecule has 0 fully saturated rings. The maximum atomic E-state index is 12.9. The first-order valence-electron chi connectivity index (χ1n) is 11.1. The first-order chi connectivity index (χ1) is 17.9. The average Bonchev–Trinajstić information content (AvgIpc) is 3.42. The number of halogens is 1. The Morgan fingerprint density at radius 1 is 1.11 bits per heavy atom. The second-order valence-electron chi connectivity index (χ2n) is 7.99. The van der Waals surface area contributed by atoms with E-state index in [1.165, 1.54) is 41.5 Å². The fraction of sp³-hybridized carbons (Fsp3) is 0.120. The highest BCUT2D eigenvalue weighted by Crippen LogP contribution is 2.20. The van der Waals surface area contributed by atoms with E-state index in [1.807, 2.05) is 0 Å². The minimum Gasteiger partial charge on any atom is -0.493 e. The molecule has 4 N–H and O–H groups in total. The van der Waals surface area contributed by atoms with Crippen molar-refractivity contribution in [1.29, 1.82) is 0 Å². The standard InChI is InChI=1S/C25H22ClN7O4/c26-19-5-8-22(33-15-29-31-32-33)18(12-19)4-10-24(35)30-21(11-16-1-9-23(34)28-13-16)14-27-20-6-2-17(3-7-20)25(36)37/h1-10,12-13,15,21,27H,11,14H2,(H,28,34)(H,30,35)(H,36,37)/b10-4+. The smallest absolute Gasteiger partial charge is 0.335 e. The Balaban J connectivity index is 1.48. The molecular formula is C25H22ClN7O4. The Bertz CT molecular complexity index is 1390. The van der Waals surface area contributed by atoms with Gasteiger partial charge in [0.1, 0.15) is 6.33 Å². The van der Waals surface area contributed by atoms with Crippen molar-refractivity contribution in [2.24, 2.45) is 0 Å². The molecule has 1 amide bonds. The normalized spacial score (nSPS) is 11.8. The number of nitrogens with zero attached hydrogens (tertiary/aromatic N) is 5. The first kappa shape index (κ1) is 25.3. The molecule has 0 aliphatic carbocycles. The van der Waals surface area contributed by atoms with E-state index in [4.69, 9.17) is 16.7 Å². The van der Waals surface area contributed by atoms with Crippen LogP contribution in [0.15, 0.2) is 73.2 Å². The van der Waals surface area contributed by atoms with Gasteiger partial charge in [0.25, 0.3) is 0 Å². The number of carbonyl (C=O) groups is 2. The van der Waals surface area contributed by atoms with Gasteiger partial charge in [-0.3, -0.25) is 4.79 Å². The van der Waals surface area contributed by atoms with Crippen molar-refractivity contribution in [3.63, 3.8) is 0 Å². The topological polar surface area (TPSA) is 155 Å². The molecule has 0 saturated heterocycles. The van der Waals surface area contributed by atoms with Crippen molar-refractivity contribution < 1.29 is 19.8 Å². The number of anilines is 1. The minimum absolute atomic E-state index is 0.0937. The average molecular weight is 520 g/mol. The second kappa shape index (κ2) is 11.8. The minimum atomic E-state index is -1.01. The summed E-state index contributed by atoms with van der Waals surface area (Å²) in [7, 11) is 0. The van der Waals surface area contributed by atoms with E-state index >= 15 is 0 Å². The maximum Gasteiger partial charge on any atom is 0.335 e. The fourth-order valence-corrected chi connectivity index (χ4v) is 3.70. The van der Waals surface area contributed by atoms with Crippen LogP contribution in [0.4, 0.5) is 5.69 Å². The largest absolute Gasteiger partial charge is 0.493 e. The van der Waals surface area contributed by atoms with E-state index in [0.717, 1.165) is 5.56 Å². The predicted octanol–water partition coefficient (Wildman–Crippen LogP) is 2.97. The summed E-state index contributed by atoms with van der Waals surface area (Å²) in [6.45, 7) is 0.347. The summed E-state index contributed by atoms with van der Waals surface area (Å²) < 4.78 is 1.47. The Labute approximate surface area is 216 Å². The monoisotopic (exact) mass is 519 g/mol. The number of carbonyl (C=O) groups excluding carboxylic acids is 1. The number of aromatic hydroxyl groups is 1. The SMILES string of the molecule is O=C(/C=C/c1cc(Cl)ccc1-n1cnnn1)NC(CNc1ccc(C(=O)O)cc1)Cc1ccc(O)nc1. The number of aromatic carboxylic acids is 1. The Morgan fingerprint density at radius 2 is 1.92 bits per heavy atom. The lowest BCUT2D eigenvalue weighted by Crippen LogP contribution is -2.40. The first-order valence-corrected chi connectivity index (χ1v) is 11.5.